The molecule has 8 nitrogen and oxygen atoms in total. The van der Waals surface area contributed by atoms with Crippen molar-refractivity contribution in [3.63, 3.8) is 0 Å². The number of carbonyl (C=O) groups is 1. The quantitative estimate of drug-likeness (QED) is 0.684. The van der Waals surface area contributed by atoms with Crippen LogP contribution in [-0.4, -0.2) is 46.5 Å². The van der Waals surface area contributed by atoms with Gasteiger partial charge in [0.2, 0.25) is 0 Å². The molecule has 3 N–H and O–H groups in total. The Balaban J connectivity index is 1.33. The van der Waals surface area contributed by atoms with Crippen LogP contribution in [0.25, 0.3) is 11.0 Å². The number of imidazole rings is 1. The van der Waals surface area contributed by atoms with Crippen molar-refractivity contribution >= 4 is 17.1 Å². The van der Waals surface area contributed by atoms with Crippen LogP contribution in [0.1, 0.15) is 45.4 Å². The molecule has 0 spiro atoms. The maximum absolute atomic E-state index is 14.5. The monoisotopic (exact) mass is 420 g/mol. The fourth-order valence-corrected chi connectivity index (χ4v) is 3.78. The van der Waals surface area contributed by atoms with Crippen molar-refractivity contribution in [3.8, 4) is 11.8 Å². The van der Waals surface area contributed by atoms with Crippen molar-refractivity contribution in [1.29, 1.82) is 0 Å². The van der Waals surface area contributed by atoms with Gasteiger partial charge in [0, 0.05) is 19.2 Å². The molecule has 1 atom stereocenters. The first kappa shape index (κ1) is 20.7. The molecule has 1 aromatic heterocycles. The van der Waals surface area contributed by atoms with Crippen LogP contribution in [0.4, 0.5) is 9.18 Å². The van der Waals surface area contributed by atoms with Crippen LogP contribution < -0.4 is 20.5 Å². The number of carbonyl (C=O) groups excluding carboxylic acids is 1. The molecule has 2 aliphatic rings. The summed E-state index contributed by atoms with van der Waals surface area (Å²) in [4.78, 5) is 15.2. The molecular weight excluding hydrogens is 391 g/mol. The van der Waals surface area contributed by atoms with Gasteiger partial charge >= 0.3 is 6.03 Å². The first-order valence-corrected chi connectivity index (χ1v) is 10.6. The number of ether oxygens (including phenoxy) is 3. The molecule has 0 aliphatic heterocycles. The van der Waals surface area contributed by atoms with Crippen molar-refractivity contribution < 1.29 is 23.4 Å². The maximum Gasteiger partial charge on any atom is 0.312 e. The molecule has 4 rings (SSSR count). The van der Waals surface area contributed by atoms with Crippen LogP contribution in [0.5, 0.6) is 11.8 Å². The number of primary amides is 1. The van der Waals surface area contributed by atoms with Gasteiger partial charge in [-0.3, -0.25) is 4.57 Å². The number of hydrogen-bond acceptors (Lipinski definition) is 5. The van der Waals surface area contributed by atoms with Crippen LogP contribution in [-0.2, 0) is 11.8 Å². The molecule has 2 aromatic rings. The summed E-state index contributed by atoms with van der Waals surface area (Å²) >= 11 is 0. The molecule has 9 heteroatoms. The highest BCUT2D eigenvalue weighted by Crippen LogP contribution is 2.33. The molecule has 1 heterocycles. The molecule has 0 unspecified atom stereocenters. The fraction of sp³-hybridized carbons (Fsp3) is 0.619. The molecule has 164 valence electrons. The van der Waals surface area contributed by atoms with Gasteiger partial charge in [-0.25, -0.2) is 9.18 Å². The zero-order valence-electron chi connectivity index (χ0n) is 17.4. The summed E-state index contributed by atoms with van der Waals surface area (Å²) in [6.07, 6.45) is 5.73. The standard InChI is InChI=1S/C21H29FN4O4/c1-12(24-20(23)27)11-28-13-3-5-15(6-4-13)30-21-25-19-17(22)9-16(29-14-7-8-14)10-18(19)26(21)2/h9-10,12-15H,3-8,11H2,1-2H3,(H3,23,24,27)/t12-,13?,15?/m0/s1. The van der Waals surface area contributed by atoms with Gasteiger partial charge in [-0.15, -0.1) is 0 Å². The Bertz CT molecular complexity index is 906. The van der Waals surface area contributed by atoms with E-state index in [-0.39, 0.29) is 24.4 Å². The normalized spacial score (nSPS) is 22.6. The third kappa shape index (κ3) is 4.95. The molecule has 0 saturated heterocycles. The Kier molecular flexibility index (Phi) is 5.99. The summed E-state index contributed by atoms with van der Waals surface area (Å²) in [5.74, 6) is 0.138. The number of nitrogens with zero attached hydrogens (tertiary/aromatic N) is 2. The van der Waals surface area contributed by atoms with Crippen LogP contribution in [0.15, 0.2) is 12.1 Å². The number of nitrogens with two attached hydrogens (primary N) is 1. The van der Waals surface area contributed by atoms with E-state index in [9.17, 15) is 9.18 Å². The van der Waals surface area contributed by atoms with Crippen molar-refractivity contribution in [2.75, 3.05) is 6.61 Å². The molecule has 0 bridgehead atoms. The van der Waals surface area contributed by atoms with Crippen molar-refractivity contribution in [2.45, 2.75) is 69.8 Å². The number of amides is 2. The summed E-state index contributed by atoms with van der Waals surface area (Å²) in [6.45, 7) is 2.28. The van der Waals surface area contributed by atoms with Gasteiger partial charge in [-0.05, 0) is 45.4 Å². The average molecular weight is 420 g/mol. The number of aromatic nitrogens is 2. The minimum absolute atomic E-state index is 0.00627. The lowest BCUT2D eigenvalue weighted by Gasteiger charge is -2.29. The Morgan fingerprint density at radius 1 is 1.20 bits per heavy atom. The van der Waals surface area contributed by atoms with Gasteiger partial charge in [0.05, 0.1) is 30.4 Å². The number of fused-ring (bicyclic) bond motifs is 1. The van der Waals surface area contributed by atoms with Crippen LogP contribution in [0.2, 0.25) is 0 Å². The number of hydrogen-bond donors (Lipinski definition) is 2. The van der Waals surface area contributed by atoms with E-state index in [1.54, 1.807) is 4.57 Å². The molecule has 2 fully saturated rings. The second-order valence-corrected chi connectivity index (χ2v) is 8.30. The molecule has 0 radical (unpaired) electrons. The molecule has 30 heavy (non-hydrogen) atoms. The van der Waals surface area contributed by atoms with Crippen molar-refractivity contribution in [3.05, 3.63) is 17.9 Å². The zero-order valence-corrected chi connectivity index (χ0v) is 17.4. The van der Waals surface area contributed by atoms with E-state index in [0.29, 0.717) is 29.4 Å². The number of nitrogens with one attached hydrogen (secondary N) is 1. The average Bonchev–Trinajstić information content (AvgIpc) is 3.45. The Morgan fingerprint density at radius 3 is 2.50 bits per heavy atom. The van der Waals surface area contributed by atoms with Gasteiger partial charge in [0.25, 0.3) is 6.01 Å². The highest BCUT2D eigenvalue weighted by Gasteiger charge is 2.27. The van der Waals surface area contributed by atoms with Gasteiger partial charge in [-0.2, -0.15) is 4.98 Å². The van der Waals surface area contributed by atoms with Crippen molar-refractivity contribution in [1.82, 2.24) is 14.9 Å². The molecule has 2 saturated carbocycles. The predicted molar refractivity (Wildman–Crippen MR) is 109 cm³/mol. The SMILES string of the molecule is C[C@@H](COC1CCC(Oc2nc3c(F)cc(OC4CC4)cc3n2C)CC1)NC(N)=O. The van der Waals surface area contributed by atoms with Crippen molar-refractivity contribution in [2.24, 2.45) is 12.8 Å². The second kappa shape index (κ2) is 8.67. The highest BCUT2D eigenvalue weighted by atomic mass is 19.1. The van der Waals surface area contributed by atoms with E-state index in [1.807, 2.05) is 20.0 Å². The van der Waals surface area contributed by atoms with E-state index >= 15 is 0 Å². The summed E-state index contributed by atoms with van der Waals surface area (Å²) in [7, 11) is 1.83. The first-order chi connectivity index (χ1) is 14.4. The van der Waals surface area contributed by atoms with Gasteiger partial charge < -0.3 is 25.3 Å². The summed E-state index contributed by atoms with van der Waals surface area (Å²) in [6, 6.07) is 2.96. The minimum Gasteiger partial charge on any atom is -0.490 e. The number of urea groups is 1. The largest absolute Gasteiger partial charge is 0.490 e. The minimum atomic E-state index is -0.548. The first-order valence-electron chi connectivity index (χ1n) is 10.6. The van der Waals surface area contributed by atoms with E-state index in [0.717, 1.165) is 38.5 Å². The van der Waals surface area contributed by atoms with E-state index in [1.165, 1.54) is 6.07 Å². The number of benzene rings is 1. The highest BCUT2D eigenvalue weighted by molar-refractivity contribution is 5.79. The summed E-state index contributed by atoms with van der Waals surface area (Å²) in [5.41, 5.74) is 6.07. The molecule has 2 amide bonds. The number of rotatable bonds is 8. The third-order valence-corrected chi connectivity index (χ3v) is 5.56. The van der Waals surface area contributed by atoms with Crippen LogP contribution in [0.3, 0.4) is 0 Å². The van der Waals surface area contributed by atoms with Crippen LogP contribution in [0, 0.1) is 5.82 Å². The number of halogens is 1. The van der Waals surface area contributed by atoms with Gasteiger partial charge in [-0.1, -0.05) is 0 Å². The number of aryl methyl sites for hydroxylation is 1. The zero-order chi connectivity index (χ0) is 21.3. The molecular formula is C21H29FN4O4. The fourth-order valence-electron chi connectivity index (χ4n) is 3.78. The molecule has 2 aliphatic carbocycles. The lowest BCUT2D eigenvalue weighted by Crippen LogP contribution is -2.40. The molecule has 1 aromatic carbocycles. The smallest absolute Gasteiger partial charge is 0.312 e. The Morgan fingerprint density at radius 2 is 1.83 bits per heavy atom. The van der Waals surface area contributed by atoms with Crippen LogP contribution >= 0.6 is 0 Å². The second-order valence-electron chi connectivity index (χ2n) is 8.30. The van der Waals surface area contributed by atoms with E-state index < -0.39 is 11.8 Å². The summed E-state index contributed by atoms with van der Waals surface area (Å²) < 4.78 is 34.0. The lowest BCUT2D eigenvalue weighted by atomic mass is 9.95. The summed E-state index contributed by atoms with van der Waals surface area (Å²) in [5, 5.41) is 2.60. The Hall–Kier alpha value is -2.55. The lowest BCUT2D eigenvalue weighted by molar-refractivity contribution is -0.00549. The predicted octanol–water partition coefficient (Wildman–Crippen LogP) is 3.02. The van der Waals surface area contributed by atoms with E-state index in [4.69, 9.17) is 19.9 Å². The van der Waals surface area contributed by atoms with Gasteiger partial charge in [0.15, 0.2) is 5.82 Å². The Labute approximate surface area is 174 Å². The maximum atomic E-state index is 14.5. The topological polar surface area (TPSA) is 101 Å². The van der Waals surface area contributed by atoms with E-state index in [2.05, 4.69) is 10.3 Å². The van der Waals surface area contributed by atoms with Gasteiger partial charge in [0.1, 0.15) is 17.4 Å². The third-order valence-electron chi connectivity index (χ3n) is 5.56.